The van der Waals surface area contributed by atoms with Crippen LogP contribution < -0.4 is 5.73 Å². The van der Waals surface area contributed by atoms with Crippen molar-refractivity contribution in [3.05, 3.63) is 35.4 Å². The van der Waals surface area contributed by atoms with Gasteiger partial charge < -0.3 is 10.5 Å². The number of rotatable bonds is 3. The highest BCUT2D eigenvalue weighted by Gasteiger charge is 2.39. The van der Waals surface area contributed by atoms with Crippen LogP contribution in [0, 0.1) is 0 Å². The molecule has 0 aromatic heterocycles. The van der Waals surface area contributed by atoms with E-state index >= 15 is 0 Å². The molecule has 1 atom stereocenters. The van der Waals surface area contributed by atoms with Gasteiger partial charge in [-0.1, -0.05) is 37.8 Å². The van der Waals surface area contributed by atoms with Crippen molar-refractivity contribution in [1.82, 2.24) is 0 Å². The van der Waals surface area contributed by atoms with Gasteiger partial charge in [-0.2, -0.15) is 13.2 Å². The molecule has 0 radical (unpaired) electrons. The Kier molecular flexibility index (Phi) is 4.94. The maximum absolute atomic E-state index is 12.8. The maximum Gasteiger partial charge on any atom is 0.416 e. The standard InChI is InChI=1S/C16H22F3NO/c1-21-15(9-4-2-3-5-10-15)14(20)12-7-6-8-13(11-12)16(17,18)19/h6-8,11,14H,2-5,9-10,20H2,1H3. The fraction of sp³-hybridized carbons (Fsp3) is 0.625. The molecule has 0 amide bonds. The number of halogens is 3. The summed E-state index contributed by atoms with van der Waals surface area (Å²) in [6.45, 7) is 0. The van der Waals surface area contributed by atoms with E-state index in [0.29, 0.717) is 5.56 Å². The summed E-state index contributed by atoms with van der Waals surface area (Å²) in [7, 11) is 1.61. The third-order valence-corrected chi connectivity index (χ3v) is 4.50. The summed E-state index contributed by atoms with van der Waals surface area (Å²) in [4.78, 5) is 0. The third kappa shape index (κ3) is 3.58. The first-order valence-electron chi connectivity index (χ1n) is 7.37. The Hall–Kier alpha value is -1.07. The van der Waals surface area contributed by atoms with Crippen LogP contribution in [0.2, 0.25) is 0 Å². The molecule has 0 bridgehead atoms. The third-order valence-electron chi connectivity index (χ3n) is 4.50. The van der Waals surface area contributed by atoms with Crippen LogP contribution in [-0.4, -0.2) is 12.7 Å². The fourth-order valence-electron chi connectivity index (χ4n) is 3.18. The summed E-state index contributed by atoms with van der Waals surface area (Å²) in [6.07, 6.45) is 1.49. The molecule has 1 unspecified atom stereocenters. The zero-order valence-electron chi connectivity index (χ0n) is 12.2. The predicted molar refractivity (Wildman–Crippen MR) is 75.8 cm³/mol. The lowest BCUT2D eigenvalue weighted by Gasteiger charge is -2.37. The Morgan fingerprint density at radius 2 is 1.76 bits per heavy atom. The first kappa shape index (κ1) is 16.3. The molecule has 0 heterocycles. The van der Waals surface area contributed by atoms with Gasteiger partial charge in [-0.15, -0.1) is 0 Å². The van der Waals surface area contributed by atoms with E-state index in [2.05, 4.69) is 0 Å². The van der Waals surface area contributed by atoms with E-state index in [-0.39, 0.29) is 0 Å². The van der Waals surface area contributed by atoms with E-state index < -0.39 is 23.4 Å². The SMILES string of the molecule is COC1(C(N)c2cccc(C(F)(F)F)c2)CCCCCC1. The summed E-state index contributed by atoms with van der Waals surface area (Å²) in [6, 6.07) is 4.76. The second-order valence-electron chi connectivity index (χ2n) is 5.78. The molecule has 1 aromatic rings. The minimum absolute atomic E-state index is 0.494. The van der Waals surface area contributed by atoms with E-state index in [4.69, 9.17) is 10.5 Å². The second kappa shape index (κ2) is 6.36. The molecule has 2 nitrogen and oxygen atoms in total. The average Bonchev–Trinajstić information content (AvgIpc) is 2.72. The van der Waals surface area contributed by atoms with E-state index in [1.165, 1.54) is 6.07 Å². The molecule has 2 rings (SSSR count). The molecule has 118 valence electrons. The lowest BCUT2D eigenvalue weighted by molar-refractivity contribution is -0.137. The Labute approximate surface area is 123 Å². The largest absolute Gasteiger partial charge is 0.416 e. The van der Waals surface area contributed by atoms with Crippen LogP contribution in [-0.2, 0) is 10.9 Å². The molecule has 2 N–H and O–H groups in total. The van der Waals surface area contributed by atoms with Crippen molar-refractivity contribution >= 4 is 0 Å². The van der Waals surface area contributed by atoms with Gasteiger partial charge in [-0.3, -0.25) is 0 Å². The maximum atomic E-state index is 12.8. The fourth-order valence-corrected chi connectivity index (χ4v) is 3.18. The molecule has 1 fully saturated rings. The highest BCUT2D eigenvalue weighted by molar-refractivity contribution is 5.29. The van der Waals surface area contributed by atoms with Crippen molar-refractivity contribution in [2.75, 3.05) is 7.11 Å². The lowest BCUT2D eigenvalue weighted by Crippen LogP contribution is -2.42. The number of hydrogen-bond acceptors (Lipinski definition) is 2. The van der Waals surface area contributed by atoms with E-state index in [1.807, 2.05) is 0 Å². The smallest absolute Gasteiger partial charge is 0.376 e. The number of ether oxygens (including phenoxy) is 1. The summed E-state index contributed by atoms with van der Waals surface area (Å²) >= 11 is 0. The molecular weight excluding hydrogens is 279 g/mol. The molecule has 0 aliphatic heterocycles. The van der Waals surface area contributed by atoms with Gasteiger partial charge in [0.15, 0.2) is 0 Å². The molecule has 1 aliphatic carbocycles. The van der Waals surface area contributed by atoms with Gasteiger partial charge in [0.1, 0.15) is 0 Å². The van der Waals surface area contributed by atoms with Crippen LogP contribution in [0.4, 0.5) is 13.2 Å². The topological polar surface area (TPSA) is 35.2 Å². The molecule has 1 aliphatic rings. The summed E-state index contributed by atoms with van der Waals surface area (Å²) < 4.78 is 44.2. The van der Waals surface area contributed by atoms with Crippen LogP contribution >= 0.6 is 0 Å². The Morgan fingerprint density at radius 3 is 2.29 bits per heavy atom. The van der Waals surface area contributed by atoms with Crippen LogP contribution in [0.15, 0.2) is 24.3 Å². The van der Waals surface area contributed by atoms with Crippen LogP contribution in [0.25, 0.3) is 0 Å². The Balaban J connectivity index is 2.31. The Bertz CT molecular complexity index is 465. The zero-order valence-corrected chi connectivity index (χ0v) is 12.2. The summed E-state index contributed by atoms with van der Waals surface area (Å²) in [5, 5.41) is 0. The van der Waals surface area contributed by atoms with Gasteiger partial charge in [0.2, 0.25) is 0 Å². The molecule has 21 heavy (non-hydrogen) atoms. The average molecular weight is 301 g/mol. The predicted octanol–water partition coefficient (Wildman–Crippen LogP) is 4.44. The highest BCUT2D eigenvalue weighted by atomic mass is 19.4. The van der Waals surface area contributed by atoms with Crippen molar-refractivity contribution in [2.24, 2.45) is 5.73 Å². The number of nitrogens with two attached hydrogens (primary N) is 1. The van der Waals surface area contributed by atoms with Gasteiger partial charge >= 0.3 is 6.18 Å². The quantitative estimate of drug-likeness (QED) is 0.837. The second-order valence-corrected chi connectivity index (χ2v) is 5.78. The lowest BCUT2D eigenvalue weighted by atomic mass is 9.82. The van der Waals surface area contributed by atoms with E-state index in [0.717, 1.165) is 50.7 Å². The van der Waals surface area contributed by atoms with Crippen molar-refractivity contribution < 1.29 is 17.9 Å². The molecule has 1 aromatic carbocycles. The normalized spacial score (nSPS) is 20.8. The minimum atomic E-state index is -4.35. The number of hydrogen-bond donors (Lipinski definition) is 1. The molecule has 5 heteroatoms. The highest BCUT2D eigenvalue weighted by Crippen LogP contribution is 2.40. The van der Waals surface area contributed by atoms with Gasteiger partial charge in [0.25, 0.3) is 0 Å². The van der Waals surface area contributed by atoms with Crippen molar-refractivity contribution in [1.29, 1.82) is 0 Å². The first-order valence-corrected chi connectivity index (χ1v) is 7.37. The summed E-state index contributed by atoms with van der Waals surface area (Å²) in [5.41, 5.74) is 5.59. The first-order chi connectivity index (χ1) is 9.89. The number of alkyl halides is 3. The molecule has 0 saturated heterocycles. The van der Waals surface area contributed by atoms with Gasteiger partial charge in [-0.25, -0.2) is 0 Å². The molecule has 0 spiro atoms. The van der Waals surface area contributed by atoms with E-state index in [1.54, 1.807) is 13.2 Å². The van der Waals surface area contributed by atoms with Gasteiger partial charge in [0, 0.05) is 7.11 Å². The van der Waals surface area contributed by atoms with Crippen LogP contribution in [0.3, 0.4) is 0 Å². The zero-order chi connectivity index (χ0) is 15.5. The van der Waals surface area contributed by atoms with Crippen LogP contribution in [0.1, 0.15) is 55.7 Å². The van der Waals surface area contributed by atoms with Crippen molar-refractivity contribution in [2.45, 2.75) is 56.3 Å². The van der Waals surface area contributed by atoms with Gasteiger partial charge in [-0.05, 0) is 30.5 Å². The van der Waals surface area contributed by atoms with Gasteiger partial charge in [0.05, 0.1) is 17.2 Å². The van der Waals surface area contributed by atoms with Crippen molar-refractivity contribution in [3.8, 4) is 0 Å². The number of methoxy groups -OCH3 is 1. The molecular formula is C16H22F3NO. The Morgan fingerprint density at radius 1 is 1.14 bits per heavy atom. The van der Waals surface area contributed by atoms with Crippen molar-refractivity contribution in [3.63, 3.8) is 0 Å². The molecule has 1 saturated carbocycles. The van der Waals surface area contributed by atoms with E-state index in [9.17, 15) is 13.2 Å². The number of benzene rings is 1. The summed E-state index contributed by atoms with van der Waals surface area (Å²) in [5.74, 6) is 0. The monoisotopic (exact) mass is 301 g/mol. The van der Waals surface area contributed by atoms with Crippen LogP contribution in [0.5, 0.6) is 0 Å². The minimum Gasteiger partial charge on any atom is -0.376 e.